The summed E-state index contributed by atoms with van der Waals surface area (Å²) in [5, 5.41) is 0. The number of nitrogens with zero attached hydrogens (tertiary/aromatic N) is 1. The standard InChI is InChI=1S/C21H29NO4/c1-16-4-2-3-5-19(16)20(23)22-10-18-12-26-15-21(18,13-22)14-25-11-17-6-8-24-9-7-17/h2-5,17-18H,6-15H2,1H3/t18-,21-/m1/s1. The topological polar surface area (TPSA) is 48.0 Å². The molecule has 3 saturated heterocycles. The number of fused-ring (bicyclic) bond motifs is 1. The Kier molecular flexibility index (Phi) is 5.30. The molecule has 1 amide bonds. The summed E-state index contributed by atoms with van der Waals surface area (Å²) in [5.41, 5.74) is 1.81. The van der Waals surface area contributed by atoms with Gasteiger partial charge in [-0.15, -0.1) is 0 Å². The van der Waals surface area contributed by atoms with Crippen LogP contribution in [0.3, 0.4) is 0 Å². The highest BCUT2D eigenvalue weighted by Crippen LogP contribution is 2.42. The molecule has 0 unspecified atom stereocenters. The molecule has 1 aromatic carbocycles. The van der Waals surface area contributed by atoms with Crippen LogP contribution in [-0.4, -0.2) is 63.5 Å². The SMILES string of the molecule is Cc1ccccc1C(=O)N1C[C@@H]2COC[C@]2(COCC2CCOCC2)C1. The minimum absolute atomic E-state index is 0.0382. The number of carbonyl (C=O) groups excluding carboxylic acids is 1. The fourth-order valence-corrected chi connectivity index (χ4v) is 4.52. The van der Waals surface area contributed by atoms with Crippen LogP contribution in [0.2, 0.25) is 0 Å². The predicted octanol–water partition coefficient (Wildman–Crippen LogP) is 2.53. The van der Waals surface area contributed by atoms with Crippen LogP contribution in [0.25, 0.3) is 0 Å². The summed E-state index contributed by atoms with van der Waals surface area (Å²) in [5.74, 6) is 1.12. The molecule has 142 valence electrons. The monoisotopic (exact) mass is 359 g/mol. The molecule has 4 rings (SSSR count). The number of likely N-dealkylation sites (tertiary alicyclic amines) is 1. The Morgan fingerprint density at radius 1 is 1.27 bits per heavy atom. The van der Waals surface area contributed by atoms with Crippen LogP contribution >= 0.6 is 0 Å². The Morgan fingerprint density at radius 3 is 2.88 bits per heavy atom. The maximum atomic E-state index is 13.0. The van der Waals surface area contributed by atoms with E-state index in [1.165, 1.54) is 0 Å². The molecule has 2 atom stereocenters. The fraction of sp³-hybridized carbons (Fsp3) is 0.667. The molecule has 1 aromatic rings. The Bertz CT molecular complexity index is 643. The number of carbonyl (C=O) groups is 1. The van der Waals surface area contributed by atoms with E-state index in [0.717, 1.165) is 63.5 Å². The number of benzene rings is 1. The molecule has 0 aromatic heterocycles. The van der Waals surface area contributed by atoms with Gasteiger partial charge in [0.05, 0.1) is 19.8 Å². The van der Waals surface area contributed by atoms with E-state index in [4.69, 9.17) is 14.2 Å². The largest absolute Gasteiger partial charge is 0.381 e. The van der Waals surface area contributed by atoms with Crippen LogP contribution in [0.1, 0.15) is 28.8 Å². The Balaban J connectivity index is 1.38. The molecule has 3 aliphatic heterocycles. The molecule has 3 fully saturated rings. The molecular formula is C21H29NO4. The molecule has 3 heterocycles. The third kappa shape index (κ3) is 3.53. The number of rotatable bonds is 5. The van der Waals surface area contributed by atoms with Gasteiger partial charge < -0.3 is 19.1 Å². The van der Waals surface area contributed by atoms with Crippen molar-refractivity contribution in [1.29, 1.82) is 0 Å². The Hall–Kier alpha value is -1.43. The van der Waals surface area contributed by atoms with Crippen LogP contribution in [0.5, 0.6) is 0 Å². The highest BCUT2D eigenvalue weighted by Gasteiger charge is 2.52. The second kappa shape index (κ2) is 7.67. The minimum Gasteiger partial charge on any atom is -0.381 e. The number of hydrogen-bond acceptors (Lipinski definition) is 4. The zero-order valence-corrected chi connectivity index (χ0v) is 15.6. The molecular weight excluding hydrogens is 330 g/mol. The van der Waals surface area contributed by atoms with Gasteiger partial charge in [-0.1, -0.05) is 18.2 Å². The Morgan fingerprint density at radius 2 is 2.08 bits per heavy atom. The lowest BCUT2D eigenvalue weighted by Crippen LogP contribution is -2.38. The lowest BCUT2D eigenvalue weighted by atomic mass is 9.82. The van der Waals surface area contributed by atoms with Gasteiger partial charge in [0, 0.05) is 49.8 Å². The van der Waals surface area contributed by atoms with Gasteiger partial charge in [0.15, 0.2) is 0 Å². The van der Waals surface area contributed by atoms with Crippen molar-refractivity contribution in [2.75, 3.05) is 52.7 Å². The number of amides is 1. The van der Waals surface area contributed by atoms with E-state index in [9.17, 15) is 4.79 Å². The third-order valence-corrected chi connectivity index (χ3v) is 6.27. The van der Waals surface area contributed by atoms with Crippen LogP contribution < -0.4 is 0 Å². The van der Waals surface area contributed by atoms with Gasteiger partial charge >= 0.3 is 0 Å². The maximum Gasteiger partial charge on any atom is 0.254 e. The molecule has 0 bridgehead atoms. The lowest BCUT2D eigenvalue weighted by molar-refractivity contribution is -0.0150. The van der Waals surface area contributed by atoms with E-state index in [1.54, 1.807) is 0 Å². The molecule has 0 saturated carbocycles. The number of hydrogen-bond donors (Lipinski definition) is 0. The van der Waals surface area contributed by atoms with Crippen molar-refractivity contribution in [1.82, 2.24) is 4.90 Å². The summed E-state index contributed by atoms with van der Waals surface area (Å²) in [6, 6.07) is 7.84. The average Bonchev–Trinajstić information content (AvgIpc) is 3.20. The van der Waals surface area contributed by atoms with Gasteiger partial charge in [0.2, 0.25) is 0 Å². The van der Waals surface area contributed by atoms with Crippen molar-refractivity contribution < 1.29 is 19.0 Å². The van der Waals surface area contributed by atoms with Gasteiger partial charge in [-0.3, -0.25) is 4.79 Å². The first kappa shape index (κ1) is 18.0. The highest BCUT2D eigenvalue weighted by molar-refractivity contribution is 5.95. The molecule has 0 spiro atoms. The molecule has 0 radical (unpaired) electrons. The molecule has 26 heavy (non-hydrogen) atoms. The third-order valence-electron chi connectivity index (χ3n) is 6.27. The van der Waals surface area contributed by atoms with Crippen LogP contribution in [0.4, 0.5) is 0 Å². The first-order valence-electron chi connectivity index (χ1n) is 9.76. The van der Waals surface area contributed by atoms with E-state index in [1.807, 2.05) is 36.1 Å². The molecule has 0 N–H and O–H groups in total. The normalized spacial score (nSPS) is 29.1. The quantitative estimate of drug-likeness (QED) is 0.811. The predicted molar refractivity (Wildman–Crippen MR) is 98.2 cm³/mol. The summed E-state index contributed by atoms with van der Waals surface area (Å²) in [6.07, 6.45) is 2.18. The van der Waals surface area contributed by atoms with Crippen molar-refractivity contribution in [3.8, 4) is 0 Å². The summed E-state index contributed by atoms with van der Waals surface area (Å²) in [7, 11) is 0. The summed E-state index contributed by atoms with van der Waals surface area (Å²) in [6.45, 7) is 8.12. The molecule has 0 aliphatic carbocycles. The smallest absolute Gasteiger partial charge is 0.254 e. The van der Waals surface area contributed by atoms with E-state index in [-0.39, 0.29) is 11.3 Å². The van der Waals surface area contributed by atoms with Gasteiger partial charge in [-0.05, 0) is 37.3 Å². The summed E-state index contributed by atoms with van der Waals surface area (Å²) < 4.78 is 17.3. The molecule has 3 aliphatic rings. The van der Waals surface area contributed by atoms with E-state index in [2.05, 4.69) is 0 Å². The van der Waals surface area contributed by atoms with Gasteiger partial charge in [-0.25, -0.2) is 0 Å². The van der Waals surface area contributed by atoms with Gasteiger partial charge in [-0.2, -0.15) is 0 Å². The van der Waals surface area contributed by atoms with Crippen molar-refractivity contribution in [3.63, 3.8) is 0 Å². The van der Waals surface area contributed by atoms with Crippen molar-refractivity contribution in [2.24, 2.45) is 17.3 Å². The van der Waals surface area contributed by atoms with Gasteiger partial charge in [0.25, 0.3) is 5.91 Å². The van der Waals surface area contributed by atoms with E-state index < -0.39 is 0 Å². The minimum atomic E-state index is -0.0382. The average molecular weight is 359 g/mol. The number of ether oxygens (including phenoxy) is 3. The van der Waals surface area contributed by atoms with Gasteiger partial charge in [0.1, 0.15) is 0 Å². The molecule has 5 heteroatoms. The van der Waals surface area contributed by atoms with Crippen molar-refractivity contribution in [2.45, 2.75) is 19.8 Å². The number of aryl methyl sites for hydroxylation is 1. The maximum absolute atomic E-state index is 13.0. The second-order valence-electron chi connectivity index (χ2n) is 8.15. The van der Waals surface area contributed by atoms with E-state index >= 15 is 0 Å². The molecule has 5 nitrogen and oxygen atoms in total. The van der Waals surface area contributed by atoms with Crippen molar-refractivity contribution in [3.05, 3.63) is 35.4 Å². The Labute approximate surface area is 155 Å². The second-order valence-corrected chi connectivity index (χ2v) is 8.15. The fourth-order valence-electron chi connectivity index (χ4n) is 4.52. The van der Waals surface area contributed by atoms with Crippen LogP contribution in [-0.2, 0) is 14.2 Å². The highest BCUT2D eigenvalue weighted by atomic mass is 16.5. The first-order chi connectivity index (χ1) is 12.7. The zero-order chi connectivity index (χ0) is 18.0. The van der Waals surface area contributed by atoms with E-state index in [0.29, 0.717) is 25.0 Å². The lowest BCUT2D eigenvalue weighted by Gasteiger charge is -2.29. The summed E-state index contributed by atoms with van der Waals surface area (Å²) >= 11 is 0. The summed E-state index contributed by atoms with van der Waals surface area (Å²) in [4.78, 5) is 15.0. The van der Waals surface area contributed by atoms with Crippen LogP contribution in [0, 0.1) is 24.2 Å². The van der Waals surface area contributed by atoms with Crippen LogP contribution in [0.15, 0.2) is 24.3 Å². The zero-order valence-electron chi connectivity index (χ0n) is 15.6. The first-order valence-corrected chi connectivity index (χ1v) is 9.76. The van der Waals surface area contributed by atoms with Crippen molar-refractivity contribution >= 4 is 5.91 Å².